The van der Waals surface area contributed by atoms with E-state index in [1.807, 2.05) is 0 Å². The van der Waals surface area contributed by atoms with Gasteiger partial charge in [0.05, 0.1) is 0 Å². The number of nitrogens with zero attached hydrogens (tertiary/aromatic N) is 3. The number of halogens is 1. The minimum absolute atomic E-state index is 0.0741. The van der Waals surface area contributed by atoms with Crippen LogP contribution in [0, 0.1) is 10.1 Å². The van der Waals surface area contributed by atoms with Gasteiger partial charge in [-0.2, -0.15) is 0 Å². The lowest BCUT2D eigenvalue weighted by Crippen LogP contribution is -1.90. The first-order valence-electron chi connectivity index (χ1n) is 2.04. The zero-order valence-electron chi connectivity index (χ0n) is 4.19. The Bertz CT molecular complexity index is 233. The van der Waals surface area contributed by atoms with Crippen LogP contribution in [0.3, 0.4) is 0 Å². The van der Waals surface area contributed by atoms with Crippen molar-refractivity contribution in [1.29, 1.82) is 0 Å². The van der Waals surface area contributed by atoms with Crippen molar-refractivity contribution >= 4 is 22.0 Å². The molecule has 0 bridgehead atoms. The van der Waals surface area contributed by atoms with Crippen molar-refractivity contribution in [3.63, 3.8) is 0 Å². The third-order valence-electron chi connectivity index (χ3n) is 0.764. The number of nitro groups is 1. The topological polar surface area (TPSA) is 61.0 Å². The molecule has 0 aliphatic heterocycles. The highest BCUT2D eigenvalue weighted by molar-refractivity contribution is 9.08. The Morgan fingerprint density at radius 2 is 2.56 bits per heavy atom. The van der Waals surface area contributed by atoms with Crippen molar-refractivity contribution in [2.75, 3.05) is 0 Å². The number of imidazole rings is 1. The van der Waals surface area contributed by atoms with Gasteiger partial charge in [0, 0.05) is 0 Å². The Kier molecular flexibility index (Phi) is 1.48. The first-order valence-corrected chi connectivity index (χ1v) is 2.75. The summed E-state index contributed by atoms with van der Waals surface area (Å²) < 4.78 is 1.16. The predicted molar refractivity (Wildman–Crippen MR) is 33.2 cm³/mol. The number of rotatable bonds is 1. The Morgan fingerprint density at radius 3 is 2.78 bits per heavy atom. The van der Waals surface area contributed by atoms with Crippen LogP contribution in [0.2, 0.25) is 0 Å². The van der Waals surface area contributed by atoms with E-state index in [1.165, 1.54) is 6.33 Å². The molecule has 9 heavy (non-hydrogen) atoms. The molecule has 0 fully saturated rings. The van der Waals surface area contributed by atoms with E-state index in [9.17, 15) is 10.1 Å². The molecule has 0 spiro atoms. The fourth-order valence-electron chi connectivity index (χ4n) is 0.398. The SMILES string of the molecule is O=[N+]([O-])c1cncn1Br. The van der Waals surface area contributed by atoms with Gasteiger partial charge in [0.2, 0.25) is 0 Å². The molecule has 0 N–H and O–H groups in total. The van der Waals surface area contributed by atoms with E-state index in [-0.39, 0.29) is 5.82 Å². The molecule has 0 aliphatic carbocycles. The summed E-state index contributed by atoms with van der Waals surface area (Å²) in [4.78, 5) is 13.0. The van der Waals surface area contributed by atoms with E-state index in [2.05, 4.69) is 21.1 Å². The summed E-state index contributed by atoms with van der Waals surface area (Å²) in [5.41, 5.74) is 0. The van der Waals surface area contributed by atoms with Crippen molar-refractivity contribution in [3.8, 4) is 0 Å². The second-order valence-electron chi connectivity index (χ2n) is 1.32. The van der Waals surface area contributed by atoms with E-state index >= 15 is 0 Å². The molecule has 0 radical (unpaired) electrons. The van der Waals surface area contributed by atoms with E-state index in [0.717, 1.165) is 9.79 Å². The van der Waals surface area contributed by atoms with Crippen LogP contribution in [0.25, 0.3) is 0 Å². The minimum atomic E-state index is -0.526. The highest BCUT2D eigenvalue weighted by atomic mass is 79.9. The summed E-state index contributed by atoms with van der Waals surface area (Å²) in [6.07, 6.45) is 2.47. The third-order valence-corrected chi connectivity index (χ3v) is 1.31. The molecule has 0 atom stereocenters. The smallest absolute Gasteiger partial charge is 0.353 e. The van der Waals surface area contributed by atoms with Crippen molar-refractivity contribution in [2.45, 2.75) is 0 Å². The van der Waals surface area contributed by atoms with Crippen LogP contribution >= 0.6 is 16.1 Å². The molecule has 0 aliphatic rings. The normalized spacial score (nSPS) is 9.44. The second-order valence-corrected chi connectivity index (χ2v) is 2.08. The summed E-state index contributed by atoms with van der Waals surface area (Å²) >= 11 is 2.88. The molecule has 6 heteroatoms. The van der Waals surface area contributed by atoms with E-state index in [4.69, 9.17) is 0 Å². The van der Waals surface area contributed by atoms with E-state index in [1.54, 1.807) is 0 Å². The van der Waals surface area contributed by atoms with Crippen LogP contribution < -0.4 is 0 Å². The molecule has 1 heterocycles. The van der Waals surface area contributed by atoms with Gasteiger partial charge in [-0.25, -0.2) is 4.98 Å². The average molecular weight is 192 g/mol. The summed E-state index contributed by atoms with van der Waals surface area (Å²) in [7, 11) is 0. The zero-order valence-corrected chi connectivity index (χ0v) is 5.78. The van der Waals surface area contributed by atoms with Crippen molar-refractivity contribution in [1.82, 2.24) is 8.58 Å². The van der Waals surface area contributed by atoms with Gasteiger partial charge in [-0.15, -0.1) is 3.59 Å². The predicted octanol–water partition coefficient (Wildman–Crippen LogP) is 0.949. The Labute approximate surface area is 58.8 Å². The fourth-order valence-corrected chi connectivity index (χ4v) is 0.725. The Hall–Kier alpha value is -0.910. The highest BCUT2D eigenvalue weighted by Gasteiger charge is 2.08. The van der Waals surface area contributed by atoms with Gasteiger partial charge >= 0.3 is 5.82 Å². The quantitative estimate of drug-likeness (QED) is 0.491. The van der Waals surface area contributed by atoms with Crippen molar-refractivity contribution in [3.05, 3.63) is 22.6 Å². The first kappa shape index (κ1) is 6.21. The molecule has 48 valence electrons. The number of hydrogen-bond donors (Lipinski definition) is 0. The van der Waals surface area contributed by atoms with Gasteiger partial charge < -0.3 is 10.1 Å². The average Bonchev–Trinajstić information content (AvgIpc) is 2.13. The Morgan fingerprint density at radius 1 is 1.89 bits per heavy atom. The monoisotopic (exact) mass is 191 g/mol. The lowest BCUT2D eigenvalue weighted by molar-refractivity contribution is -0.389. The molecular formula is C3H2BrN3O2. The molecule has 0 amide bonds. The first-order chi connectivity index (χ1) is 4.22. The maximum Gasteiger partial charge on any atom is 0.353 e. The maximum absolute atomic E-state index is 10.00. The molecule has 0 saturated carbocycles. The summed E-state index contributed by atoms with van der Waals surface area (Å²) in [6, 6.07) is 0. The molecule has 0 saturated heterocycles. The third kappa shape index (κ3) is 1.07. The lowest BCUT2D eigenvalue weighted by Gasteiger charge is -1.87. The van der Waals surface area contributed by atoms with Gasteiger partial charge in [-0.1, -0.05) is 0 Å². The zero-order chi connectivity index (χ0) is 6.85. The molecule has 0 aromatic carbocycles. The number of hydrogen-bond acceptors (Lipinski definition) is 3. The van der Waals surface area contributed by atoms with Crippen LogP contribution in [0.5, 0.6) is 0 Å². The van der Waals surface area contributed by atoms with Gasteiger partial charge in [0.15, 0.2) is 22.5 Å². The molecule has 5 nitrogen and oxygen atoms in total. The van der Waals surface area contributed by atoms with Gasteiger partial charge in [-0.05, 0) is 4.92 Å². The molecule has 0 unspecified atom stereocenters. The molecule has 1 aromatic rings. The largest absolute Gasteiger partial charge is 0.358 e. The van der Waals surface area contributed by atoms with Crippen LogP contribution in [0.4, 0.5) is 5.82 Å². The van der Waals surface area contributed by atoms with Crippen LogP contribution in [0.1, 0.15) is 0 Å². The molecule has 1 rings (SSSR count). The van der Waals surface area contributed by atoms with E-state index < -0.39 is 4.92 Å². The number of aromatic nitrogens is 2. The van der Waals surface area contributed by atoms with Crippen molar-refractivity contribution < 1.29 is 4.92 Å². The summed E-state index contributed by atoms with van der Waals surface area (Å²) in [6.45, 7) is 0. The van der Waals surface area contributed by atoms with E-state index in [0.29, 0.717) is 0 Å². The van der Waals surface area contributed by atoms with Gasteiger partial charge in [0.25, 0.3) is 0 Å². The summed E-state index contributed by atoms with van der Waals surface area (Å²) in [5.74, 6) is -0.0741. The van der Waals surface area contributed by atoms with Crippen molar-refractivity contribution in [2.24, 2.45) is 0 Å². The van der Waals surface area contributed by atoms with Gasteiger partial charge in [-0.3, -0.25) is 0 Å². The second kappa shape index (κ2) is 2.14. The fraction of sp³-hybridized carbons (Fsp3) is 0. The lowest BCUT2D eigenvalue weighted by atomic mass is 10.8. The Balaban J connectivity index is 3.08. The standard InChI is InChI=1S/C3H2BrN3O2/c4-6-2-5-1-3(6)7(8)9/h1-2H. The van der Waals surface area contributed by atoms with Gasteiger partial charge in [0.1, 0.15) is 6.20 Å². The summed E-state index contributed by atoms with van der Waals surface area (Å²) in [5, 5.41) is 10.00. The van der Waals surface area contributed by atoms with Crippen LogP contribution in [-0.4, -0.2) is 13.5 Å². The van der Waals surface area contributed by atoms with Crippen LogP contribution in [-0.2, 0) is 0 Å². The highest BCUT2D eigenvalue weighted by Crippen LogP contribution is 2.10. The molecular weight excluding hydrogens is 190 g/mol. The van der Waals surface area contributed by atoms with Crippen LogP contribution in [0.15, 0.2) is 12.5 Å². The minimum Gasteiger partial charge on any atom is -0.358 e. The molecule has 1 aromatic heterocycles. The maximum atomic E-state index is 10.00.